The number of tetrazole rings is 1. The van der Waals surface area contributed by atoms with Gasteiger partial charge in [-0.2, -0.15) is 4.68 Å². The number of nitrogens with one attached hydrogen (secondary N) is 1. The van der Waals surface area contributed by atoms with Crippen LogP contribution in [0.25, 0.3) is 5.69 Å². The quantitative estimate of drug-likeness (QED) is 0.869. The van der Waals surface area contributed by atoms with Crippen LogP contribution in [0.5, 0.6) is 5.75 Å². The summed E-state index contributed by atoms with van der Waals surface area (Å²) in [6.45, 7) is 1.58. The maximum Gasteiger partial charge on any atom is 0.255 e. The first kappa shape index (κ1) is 14.7. The Kier molecular flexibility index (Phi) is 3.75. The second-order valence-corrected chi connectivity index (χ2v) is 4.88. The van der Waals surface area contributed by atoms with Crippen molar-refractivity contribution in [1.29, 1.82) is 0 Å². The molecular weight excluding hydrogens is 300 g/mol. The van der Waals surface area contributed by atoms with E-state index in [-0.39, 0.29) is 18.4 Å². The SMILES string of the molecule is COc1ccc(NC2=CC(=O)N(C(C)=O)C2)cc1-n1cnnn1. The molecule has 0 saturated heterocycles. The molecule has 0 fully saturated rings. The first-order valence-electron chi connectivity index (χ1n) is 6.79. The second kappa shape index (κ2) is 5.87. The van der Waals surface area contributed by atoms with Crippen LogP contribution < -0.4 is 10.1 Å². The number of aromatic nitrogens is 4. The third-order valence-corrected chi connectivity index (χ3v) is 3.35. The Morgan fingerprint density at radius 2 is 2.22 bits per heavy atom. The number of nitrogens with zero attached hydrogens (tertiary/aromatic N) is 5. The zero-order valence-electron chi connectivity index (χ0n) is 12.6. The van der Waals surface area contributed by atoms with Crippen molar-refractivity contribution in [2.24, 2.45) is 0 Å². The van der Waals surface area contributed by atoms with Gasteiger partial charge in [-0.3, -0.25) is 14.5 Å². The first-order valence-corrected chi connectivity index (χ1v) is 6.79. The molecule has 0 atom stereocenters. The Hall–Kier alpha value is -3.23. The van der Waals surface area contributed by atoms with Crippen LogP contribution in [0.1, 0.15) is 6.92 Å². The largest absolute Gasteiger partial charge is 0.494 e. The van der Waals surface area contributed by atoms with Crippen LogP contribution in [0.2, 0.25) is 0 Å². The molecule has 1 aliphatic heterocycles. The van der Waals surface area contributed by atoms with E-state index in [1.807, 2.05) is 0 Å². The van der Waals surface area contributed by atoms with Crippen LogP contribution >= 0.6 is 0 Å². The zero-order valence-corrected chi connectivity index (χ0v) is 12.6. The zero-order chi connectivity index (χ0) is 16.4. The molecule has 0 spiro atoms. The smallest absolute Gasteiger partial charge is 0.255 e. The lowest BCUT2D eigenvalue weighted by Gasteiger charge is -2.14. The predicted octanol–water partition coefficient (Wildman–Crippen LogP) is 0.355. The molecule has 118 valence electrons. The van der Waals surface area contributed by atoms with Gasteiger partial charge in [0.05, 0.1) is 13.7 Å². The summed E-state index contributed by atoms with van der Waals surface area (Å²) in [5.74, 6) is -0.00828. The summed E-state index contributed by atoms with van der Waals surface area (Å²) < 4.78 is 6.77. The number of hydrogen-bond donors (Lipinski definition) is 1. The topological polar surface area (TPSA) is 102 Å². The first-order chi connectivity index (χ1) is 11.1. The number of methoxy groups -OCH3 is 1. The van der Waals surface area contributed by atoms with Crippen molar-refractivity contribution in [1.82, 2.24) is 25.1 Å². The van der Waals surface area contributed by atoms with Crippen LogP contribution in [-0.2, 0) is 9.59 Å². The summed E-state index contributed by atoms with van der Waals surface area (Å²) in [6.07, 6.45) is 2.86. The molecule has 0 radical (unpaired) electrons. The van der Waals surface area contributed by atoms with Crippen molar-refractivity contribution in [3.63, 3.8) is 0 Å². The van der Waals surface area contributed by atoms with Crippen molar-refractivity contribution >= 4 is 17.5 Å². The van der Waals surface area contributed by atoms with Gasteiger partial charge in [-0.05, 0) is 28.6 Å². The van der Waals surface area contributed by atoms with Crippen LogP contribution in [0.15, 0.2) is 36.3 Å². The minimum absolute atomic E-state index is 0.223. The molecular formula is C14H14N6O3. The summed E-state index contributed by atoms with van der Waals surface area (Å²) in [6, 6.07) is 5.35. The highest BCUT2D eigenvalue weighted by atomic mass is 16.5. The van der Waals surface area contributed by atoms with Crippen molar-refractivity contribution in [2.45, 2.75) is 6.92 Å². The van der Waals surface area contributed by atoms with Gasteiger partial charge in [-0.1, -0.05) is 0 Å². The summed E-state index contributed by atoms with van der Waals surface area (Å²) in [4.78, 5) is 24.2. The van der Waals surface area contributed by atoms with E-state index < -0.39 is 0 Å². The number of carbonyl (C=O) groups is 2. The number of amides is 2. The van der Waals surface area contributed by atoms with Gasteiger partial charge in [-0.25, -0.2) is 0 Å². The normalized spacial score (nSPS) is 13.9. The third-order valence-electron chi connectivity index (χ3n) is 3.35. The summed E-state index contributed by atoms with van der Waals surface area (Å²) in [7, 11) is 1.55. The molecule has 9 heteroatoms. The Morgan fingerprint density at radius 3 is 2.83 bits per heavy atom. The van der Waals surface area contributed by atoms with E-state index in [1.165, 1.54) is 24.0 Å². The molecule has 1 aliphatic rings. The Bertz CT molecular complexity index is 784. The lowest BCUT2D eigenvalue weighted by Crippen LogP contribution is -2.31. The number of ether oxygens (including phenoxy) is 1. The van der Waals surface area contributed by atoms with E-state index in [0.717, 1.165) is 10.6 Å². The lowest BCUT2D eigenvalue weighted by atomic mass is 10.2. The van der Waals surface area contributed by atoms with Gasteiger partial charge in [0.1, 0.15) is 17.8 Å². The van der Waals surface area contributed by atoms with E-state index in [2.05, 4.69) is 20.8 Å². The van der Waals surface area contributed by atoms with E-state index in [9.17, 15) is 9.59 Å². The van der Waals surface area contributed by atoms with Crippen molar-refractivity contribution in [3.05, 3.63) is 36.3 Å². The van der Waals surface area contributed by atoms with E-state index in [4.69, 9.17) is 4.74 Å². The third kappa shape index (κ3) is 2.89. The fraction of sp³-hybridized carbons (Fsp3) is 0.214. The molecule has 2 heterocycles. The Balaban J connectivity index is 1.85. The molecule has 0 saturated carbocycles. The minimum atomic E-state index is -0.325. The highest BCUT2D eigenvalue weighted by molar-refractivity contribution is 6.03. The summed E-state index contributed by atoms with van der Waals surface area (Å²) >= 11 is 0. The van der Waals surface area contributed by atoms with Gasteiger partial charge in [0, 0.05) is 24.4 Å². The number of rotatable bonds is 4. The van der Waals surface area contributed by atoms with Crippen LogP contribution in [0.4, 0.5) is 5.69 Å². The minimum Gasteiger partial charge on any atom is -0.494 e. The number of benzene rings is 1. The number of carbonyl (C=O) groups excluding carboxylic acids is 2. The van der Waals surface area contributed by atoms with Crippen LogP contribution in [0.3, 0.4) is 0 Å². The van der Waals surface area contributed by atoms with Crippen molar-refractivity contribution < 1.29 is 14.3 Å². The molecule has 9 nitrogen and oxygen atoms in total. The van der Waals surface area contributed by atoms with Crippen molar-refractivity contribution in [2.75, 3.05) is 19.0 Å². The molecule has 1 aromatic carbocycles. The maximum absolute atomic E-state index is 11.7. The summed E-state index contributed by atoms with van der Waals surface area (Å²) in [5, 5.41) is 14.2. The average Bonchev–Trinajstić information content (AvgIpc) is 3.17. The lowest BCUT2D eigenvalue weighted by molar-refractivity contribution is -0.138. The molecule has 1 aromatic heterocycles. The van der Waals surface area contributed by atoms with E-state index in [1.54, 1.807) is 25.3 Å². The molecule has 2 amide bonds. The highest BCUT2D eigenvalue weighted by Crippen LogP contribution is 2.26. The summed E-state index contributed by atoms with van der Waals surface area (Å²) in [5.41, 5.74) is 2.01. The van der Waals surface area contributed by atoms with Crippen LogP contribution in [0, 0.1) is 0 Å². The highest BCUT2D eigenvalue weighted by Gasteiger charge is 2.24. The fourth-order valence-corrected chi connectivity index (χ4v) is 2.27. The fourth-order valence-electron chi connectivity index (χ4n) is 2.27. The number of hydrogen-bond acceptors (Lipinski definition) is 7. The van der Waals surface area contributed by atoms with Gasteiger partial charge in [0.15, 0.2) is 0 Å². The van der Waals surface area contributed by atoms with Gasteiger partial charge in [0.25, 0.3) is 5.91 Å². The Labute approximate surface area is 131 Å². The molecule has 0 unspecified atom stereocenters. The number of anilines is 1. The maximum atomic E-state index is 11.7. The van der Waals surface area contributed by atoms with Crippen LogP contribution in [-0.4, -0.2) is 50.6 Å². The standard InChI is InChI=1S/C14H14N6O3/c1-9(21)19-7-11(6-14(19)22)16-10-3-4-13(23-2)12(5-10)20-8-15-17-18-20/h3-6,8,16H,7H2,1-2H3. The molecule has 1 N–H and O–H groups in total. The van der Waals surface area contributed by atoms with Gasteiger partial charge in [-0.15, -0.1) is 5.10 Å². The number of imide groups is 1. The monoisotopic (exact) mass is 314 g/mol. The van der Waals surface area contributed by atoms with Gasteiger partial charge in [0.2, 0.25) is 5.91 Å². The average molecular weight is 314 g/mol. The molecule has 23 heavy (non-hydrogen) atoms. The predicted molar refractivity (Wildman–Crippen MR) is 79.8 cm³/mol. The molecule has 2 aromatic rings. The molecule has 0 aliphatic carbocycles. The molecule has 3 rings (SSSR count). The second-order valence-electron chi connectivity index (χ2n) is 4.88. The van der Waals surface area contributed by atoms with E-state index in [0.29, 0.717) is 17.1 Å². The van der Waals surface area contributed by atoms with E-state index >= 15 is 0 Å². The van der Waals surface area contributed by atoms with Crippen molar-refractivity contribution in [3.8, 4) is 11.4 Å². The Morgan fingerprint density at radius 1 is 1.39 bits per heavy atom. The van der Waals surface area contributed by atoms with Gasteiger partial charge < -0.3 is 10.1 Å². The van der Waals surface area contributed by atoms with Gasteiger partial charge >= 0.3 is 0 Å². The molecule has 0 bridgehead atoms.